The highest BCUT2D eigenvalue weighted by molar-refractivity contribution is 9.10. The summed E-state index contributed by atoms with van der Waals surface area (Å²) in [7, 11) is 4.07. The predicted octanol–water partition coefficient (Wildman–Crippen LogP) is 3.03. The molecule has 19 heavy (non-hydrogen) atoms. The minimum absolute atomic E-state index is 0.213. The molecule has 0 bridgehead atoms. The molecule has 4 nitrogen and oxygen atoms in total. The molecular weight excluding hydrogens is 311 g/mol. The zero-order valence-electron chi connectivity index (χ0n) is 11.3. The fraction of sp³-hybridized carbons (Fsp3) is 0.462. The van der Waals surface area contributed by atoms with Gasteiger partial charge >= 0.3 is 0 Å². The van der Waals surface area contributed by atoms with Crippen LogP contribution in [0.1, 0.15) is 19.4 Å². The van der Waals surface area contributed by atoms with Gasteiger partial charge in [-0.2, -0.15) is 0 Å². The fourth-order valence-electron chi connectivity index (χ4n) is 2.15. The van der Waals surface area contributed by atoms with E-state index in [1.165, 1.54) is 6.07 Å². The summed E-state index contributed by atoms with van der Waals surface area (Å²) in [5.74, 6) is 0.108. The average Bonchev–Trinajstić information content (AvgIpc) is 2.62. The van der Waals surface area contributed by atoms with Crippen LogP contribution in [0, 0.1) is 5.82 Å². The van der Waals surface area contributed by atoms with Crippen molar-refractivity contribution in [2.24, 2.45) is 0 Å². The summed E-state index contributed by atoms with van der Waals surface area (Å²) >= 11 is 3.21. The van der Waals surface area contributed by atoms with Crippen LogP contribution < -0.4 is 5.73 Å². The Kier molecular flexibility index (Phi) is 4.10. The first-order valence-corrected chi connectivity index (χ1v) is 6.96. The lowest BCUT2D eigenvalue weighted by atomic mass is 10.2. The van der Waals surface area contributed by atoms with Gasteiger partial charge in [-0.15, -0.1) is 0 Å². The Morgan fingerprint density at radius 2 is 2.16 bits per heavy atom. The Morgan fingerprint density at radius 3 is 2.79 bits per heavy atom. The Hall–Kier alpha value is -1.14. The van der Waals surface area contributed by atoms with Crippen molar-refractivity contribution >= 4 is 32.9 Å². The van der Waals surface area contributed by atoms with Crippen LogP contribution in [0.15, 0.2) is 16.6 Å². The zero-order valence-corrected chi connectivity index (χ0v) is 12.9. The summed E-state index contributed by atoms with van der Waals surface area (Å²) in [5, 5.41) is 0. The summed E-state index contributed by atoms with van der Waals surface area (Å²) in [6, 6.07) is 3.36. The number of nitrogens with zero attached hydrogens (tertiary/aromatic N) is 3. The average molecular weight is 329 g/mol. The van der Waals surface area contributed by atoms with Gasteiger partial charge in [-0.05, 0) is 56.0 Å². The number of anilines is 1. The molecule has 0 aliphatic heterocycles. The third kappa shape index (κ3) is 2.90. The summed E-state index contributed by atoms with van der Waals surface area (Å²) in [6.45, 7) is 3.06. The second kappa shape index (κ2) is 5.46. The molecule has 0 amide bonds. The van der Waals surface area contributed by atoms with Crippen molar-refractivity contribution in [3.63, 3.8) is 0 Å². The van der Waals surface area contributed by atoms with E-state index in [0.29, 0.717) is 15.9 Å². The zero-order chi connectivity index (χ0) is 14.2. The Bertz CT molecular complexity index is 594. The molecule has 0 fully saturated rings. The summed E-state index contributed by atoms with van der Waals surface area (Å²) in [4.78, 5) is 6.36. The van der Waals surface area contributed by atoms with Crippen LogP contribution in [0.3, 0.4) is 0 Å². The number of imidazole rings is 1. The fourth-order valence-corrected chi connectivity index (χ4v) is 2.48. The van der Waals surface area contributed by atoms with Crippen LogP contribution >= 0.6 is 15.9 Å². The van der Waals surface area contributed by atoms with E-state index in [4.69, 9.17) is 5.73 Å². The topological polar surface area (TPSA) is 47.1 Å². The van der Waals surface area contributed by atoms with Crippen molar-refractivity contribution < 1.29 is 4.39 Å². The number of halogens is 2. The van der Waals surface area contributed by atoms with Gasteiger partial charge in [-0.3, -0.25) is 0 Å². The molecule has 0 saturated heterocycles. The lowest BCUT2D eigenvalue weighted by Crippen LogP contribution is -2.18. The molecule has 0 radical (unpaired) electrons. The Balaban J connectivity index is 2.42. The number of benzene rings is 1. The van der Waals surface area contributed by atoms with Gasteiger partial charge < -0.3 is 15.2 Å². The van der Waals surface area contributed by atoms with Gasteiger partial charge in [0.1, 0.15) is 5.82 Å². The van der Waals surface area contributed by atoms with Crippen molar-refractivity contribution in [3.05, 3.63) is 22.4 Å². The van der Waals surface area contributed by atoms with Gasteiger partial charge in [-0.25, -0.2) is 9.37 Å². The van der Waals surface area contributed by atoms with Crippen molar-refractivity contribution in [3.8, 4) is 0 Å². The van der Waals surface area contributed by atoms with E-state index in [9.17, 15) is 4.39 Å². The van der Waals surface area contributed by atoms with Gasteiger partial charge in [0, 0.05) is 12.1 Å². The molecule has 0 aliphatic rings. The van der Waals surface area contributed by atoms with Gasteiger partial charge in [-0.1, -0.05) is 0 Å². The molecule has 2 N–H and O–H groups in total. The van der Waals surface area contributed by atoms with E-state index in [1.807, 2.05) is 18.7 Å². The van der Waals surface area contributed by atoms with Gasteiger partial charge in [0.25, 0.3) is 0 Å². The SMILES string of the molecule is CC(CCN(C)C)n1c(N)nc2cc(F)c(Br)cc21. The summed E-state index contributed by atoms with van der Waals surface area (Å²) in [6.07, 6.45) is 0.956. The molecule has 1 aromatic heterocycles. The largest absolute Gasteiger partial charge is 0.369 e. The Labute approximate surface area is 120 Å². The standard InChI is InChI=1S/C13H18BrFN4/c1-8(4-5-18(2)3)19-12-6-9(14)10(15)7-11(12)17-13(19)16/h6-8H,4-5H2,1-3H3,(H2,16,17). The van der Waals surface area contributed by atoms with Gasteiger partial charge in [0.2, 0.25) is 5.95 Å². The van der Waals surface area contributed by atoms with Crippen molar-refractivity contribution in [1.82, 2.24) is 14.5 Å². The van der Waals surface area contributed by atoms with Crippen LogP contribution in [-0.4, -0.2) is 35.1 Å². The third-order valence-electron chi connectivity index (χ3n) is 3.19. The van der Waals surface area contributed by atoms with Crippen LogP contribution in [0.2, 0.25) is 0 Å². The minimum Gasteiger partial charge on any atom is -0.369 e. The van der Waals surface area contributed by atoms with E-state index in [1.54, 1.807) is 6.07 Å². The highest BCUT2D eigenvalue weighted by Gasteiger charge is 2.16. The highest BCUT2D eigenvalue weighted by Crippen LogP contribution is 2.28. The molecule has 2 aromatic rings. The number of hydrogen-bond donors (Lipinski definition) is 1. The normalized spacial score (nSPS) is 13.4. The van der Waals surface area contributed by atoms with Crippen molar-refractivity contribution in [2.75, 3.05) is 26.4 Å². The van der Waals surface area contributed by atoms with Crippen LogP contribution in [0.4, 0.5) is 10.3 Å². The molecule has 0 saturated carbocycles. The molecule has 104 valence electrons. The molecular formula is C13H18BrFN4. The van der Waals surface area contributed by atoms with E-state index >= 15 is 0 Å². The maximum atomic E-state index is 13.5. The number of nitrogens with two attached hydrogens (primary N) is 1. The summed E-state index contributed by atoms with van der Waals surface area (Å²) < 4.78 is 15.9. The number of nitrogen functional groups attached to an aromatic ring is 1. The lowest BCUT2D eigenvalue weighted by molar-refractivity contribution is 0.362. The quantitative estimate of drug-likeness (QED) is 0.938. The monoisotopic (exact) mass is 328 g/mol. The second-order valence-corrected chi connectivity index (χ2v) is 5.89. The maximum absolute atomic E-state index is 13.5. The summed E-state index contributed by atoms with van der Waals surface area (Å²) in [5.41, 5.74) is 7.41. The Morgan fingerprint density at radius 1 is 1.47 bits per heavy atom. The molecule has 0 aliphatic carbocycles. The smallest absolute Gasteiger partial charge is 0.201 e. The van der Waals surface area contributed by atoms with E-state index in [2.05, 4.69) is 32.7 Å². The van der Waals surface area contributed by atoms with Crippen LogP contribution in [0.5, 0.6) is 0 Å². The van der Waals surface area contributed by atoms with Crippen molar-refractivity contribution in [1.29, 1.82) is 0 Å². The number of fused-ring (bicyclic) bond motifs is 1. The molecule has 1 aromatic carbocycles. The second-order valence-electron chi connectivity index (χ2n) is 5.04. The molecule has 1 atom stereocenters. The molecule has 0 spiro atoms. The predicted molar refractivity (Wildman–Crippen MR) is 79.7 cm³/mol. The van der Waals surface area contributed by atoms with E-state index in [0.717, 1.165) is 18.5 Å². The first-order valence-electron chi connectivity index (χ1n) is 6.17. The first-order chi connectivity index (χ1) is 8.90. The van der Waals surface area contributed by atoms with E-state index in [-0.39, 0.29) is 11.9 Å². The number of aromatic nitrogens is 2. The highest BCUT2D eigenvalue weighted by atomic mass is 79.9. The van der Waals surface area contributed by atoms with Crippen molar-refractivity contribution in [2.45, 2.75) is 19.4 Å². The third-order valence-corrected chi connectivity index (χ3v) is 3.80. The molecule has 2 rings (SSSR count). The first kappa shape index (κ1) is 14.3. The number of hydrogen-bond acceptors (Lipinski definition) is 3. The van der Waals surface area contributed by atoms with Gasteiger partial charge in [0.15, 0.2) is 0 Å². The lowest BCUT2D eigenvalue weighted by Gasteiger charge is -2.18. The molecule has 1 unspecified atom stereocenters. The van der Waals surface area contributed by atoms with Crippen LogP contribution in [0.25, 0.3) is 11.0 Å². The molecule has 6 heteroatoms. The van der Waals surface area contributed by atoms with Gasteiger partial charge in [0.05, 0.1) is 15.5 Å². The van der Waals surface area contributed by atoms with Crippen LogP contribution in [-0.2, 0) is 0 Å². The minimum atomic E-state index is -0.321. The van der Waals surface area contributed by atoms with E-state index < -0.39 is 0 Å². The number of rotatable bonds is 4. The molecule has 1 heterocycles. The maximum Gasteiger partial charge on any atom is 0.201 e.